The van der Waals surface area contributed by atoms with Gasteiger partial charge in [-0.05, 0) is 307 Å². The van der Waals surface area contributed by atoms with E-state index in [0.717, 1.165) is 101 Å². The number of aromatic hydroxyl groups is 1. The predicted molar refractivity (Wildman–Crippen MR) is 473 cm³/mol. The van der Waals surface area contributed by atoms with Crippen molar-refractivity contribution in [2.75, 3.05) is 6.61 Å². The number of fused-ring (bicyclic) bond motifs is 2. The lowest BCUT2D eigenvalue weighted by Crippen LogP contribution is -2.63. The van der Waals surface area contributed by atoms with Crippen molar-refractivity contribution in [3.8, 4) is 11.5 Å². The largest absolute Gasteiger partial charge is 0.508 e. The van der Waals surface area contributed by atoms with Gasteiger partial charge in [0.1, 0.15) is 53.2 Å². The van der Waals surface area contributed by atoms with E-state index in [1.807, 2.05) is 90.0 Å². The summed E-state index contributed by atoms with van der Waals surface area (Å²) in [7, 11) is 0. The molecule has 13 fully saturated rings. The van der Waals surface area contributed by atoms with E-state index in [1.54, 1.807) is 50.2 Å². The Morgan fingerprint density at radius 3 is 1.24 bits per heavy atom. The maximum absolute atomic E-state index is 12.8. The quantitative estimate of drug-likeness (QED) is 0.0653. The Kier molecular flexibility index (Phi) is 46.1. The van der Waals surface area contributed by atoms with Crippen LogP contribution < -0.4 is 4.74 Å². The Hall–Kier alpha value is -6.53. The first-order valence-corrected chi connectivity index (χ1v) is 40.8. The van der Waals surface area contributed by atoms with Crippen molar-refractivity contribution in [3.63, 3.8) is 0 Å². The molecule has 0 amide bonds. The number of carbonyl (C=O) groups excluding carboxylic acids is 9. The molecular formula is C98H172O19. The van der Waals surface area contributed by atoms with Crippen molar-refractivity contribution >= 4 is 53.7 Å². The minimum absolute atomic E-state index is 0. The van der Waals surface area contributed by atoms with Crippen molar-refractivity contribution in [2.45, 2.75) is 396 Å². The number of hydrogen-bond donors (Lipinski definition) is 1. The van der Waals surface area contributed by atoms with E-state index in [4.69, 9.17) is 47.7 Å². The fourth-order valence-corrected chi connectivity index (χ4v) is 17.9. The summed E-state index contributed by atoms with van der Waals surface area (Å²) in [6, 6.07) is 13.1. The number of rotatable bonds is 22. The van der Waals surface area contributed by atoms with Crippen molar-refractivity contribution < 1.29 is 90.9 Å². The first-order chi connectivity index (χ1) is 50.1. The molecule has 9 aliphatic carbocycles. The third-order valence-electron chi connectivity index (χ3n) is 27.0. The predicted octanol–water partition coefficient (Wildman–Crippen LogP) is 24.7. The van der Waals surface area contributed by atoms with Gasteiger partial charge in [0.05, 0.1) is 44.5 Å². The molecule has 4 heterocycles. The van der Waals surface area contributed by atoms with Gasteiger partial charge in [-0.15, -0.1) is 0 Å². The zero-order chi connectivity index (χ0) is 79.1. The highest BCUT2D eigenvalue weighted by Crippen LogP contribution is 2.62. The first-order valence-electron chi connectivity index (χ1n) is 40.8. The van der Waals surface area contributed by atoms with Crippen LogP contribution in [0.3, 0.4) is 0 Å². The van der Waals surface area contributed by atoms with Crippen LogP contribution >= 0.6 is 0 Å². The van der Waals surface area contributed by atoms with E-state index in [2.05, 4.69) is 34.6 Å². The van der Waals surface area contributed by atoms with E-state index in [0.29, 0.717) is 59.7 Å². The van der Waals surface area contributed by atoms with Crippen LogP contribution in [-0.2, 0) is 76.3 Å². The number of hydrogen-bond acceptors (Lipinski definition) is 19. The van der Waals surface area contributed by atoms with Crippen LogP contribution in [0.4, 0.5) is 0 Å². The number of carbonyl (C=O) groups is 9. The van der Waals surface area contributed by atoms with Gasteiger partial charge in [-0.25, -0.2) is 9.59 Å². The second-order valence-electron chi connectivity index (χ2n) is 37.1. The molecule has 15 rings (SSSR count). The van der Waals surface area contributed by atoms with Gasteiger partial charge >= 0.3 is 53.7 Å². The van der Waals surface area contributed by atoms with Gasteiger partial charge in [0.25, 0.3) is 0 Å². The maximum Gasteiger partial charge on any atom is 0.344 e. The van der Waals surface area contributed by atoms with E-state index in [1.165, 1.54) is 57.1 Å². The van der Waals surface area contributed by atoms with Gasteiger partial charge < -0.3 is 47.7 Å². The molecule has 19 heteroatoms. The van der Waals surface area contributed by atoms with Crippen LogP contribution in [-0.4, -0.2) is 101 Å². The Bertz CT molecular complexity index is 3380. The second-order valence-corrected chi connectivity index (χ2v) is 37.1. The molecule has 4 aliphatic heterocycles. The third-order valence-corrected chi connectivity index (χ3v) is 27.0. The standard InChI is InChI=1S/C25H32O6.C19H32O2.C18H26O6.C14H26O2.C12H16O3.10CH4/c1-5-25(3,4)24(28)29-14(2)16-6-8-17(9-7-16)22(26)31-21-18-10-15-11-19(13-18)23(27)30-20(21)12-15;1-6-18(4,5)17(20)21-19(12(2)3)15-8-13-7-14(10-15)11-16(19)9-13;1-4-18(2,3)17(21)22-9-14(19)24-15-11-5-10-6-12(8-11)16(20)23-13(15)7-10;1-6-13(4,5)12(15)16-14(11(2)3)9-7-8-10-14;1-4-12(2,3)11(14)15-10-7-5-9(13)6-8-10;;;;;;;;;;/h6-9,14-15,18-21H,5,10-13H2,1-4H3;12-16H,6-11H2,1-5H3;10-13,15H,4-9H2,1-3H3;11H,6-10H2,1-5H3;5-8,13H,4H2,1-3H3;10*1H4. The normalized spacial score (nSPS) is 26.8. The average molecular weight is 1650 g/mol. The Labute approximate surface area is 712 Å². The lowest BCUT2D eigenvalue weighted by Gasteiger charge is -2.62. The van der Waals surface area contributed by atoms with Crippen LogP contribution in [0.1, 0.15) is 376 Å². The Morgan fingerprint density at radius 2 is 0.829 bits per heavy atom. The number of phenolic OH excluding ortho intramolecular Hbond substituents is 1. The minimum atomic E-state index is -0.615. The molecule has 117 heavy (non-hydrogen) atoms. The molecule has 11 unspecified atom stereocenters. The van der Waals surface area contributed by atoms with Crippen LogP contribution in [0.5, 0.6) is 11.5 Å². The highest BCUT2D eigenvalue weighted by atomic mass is 16.6. The summed E-state index contributed by atoms with van der Waals surface area (Å²) in [4.78, 5) is 110. The number of phenols is 1. The summed E-state index contributed by atoms with van der Waals surface area (Å²) in [5.74, 6) is 3.65. The molecule has 2 aromatic carbocycles. The smallest absolute Gasteiger partial charge is 0.344 e. The zero-order valence-corrected chi connectivity index (χ0v) is 68.5. The molecular weight excluding hydrogens is 1480 g/mol. The Morgan fingerprint density at radius 1 is 0.444 bits per heavy atom. The van der Waals surface area contributed by atoms with Crippen LogP contribution in [0, 0.1) is 98.1 Å². The molecule has 9 saturated carbocycles. The molecule has 11 atom stereocenters. The highest BCUT2D eigenvalue weighted by Gasteiger charge is 2.62. The lowest BCUT2D eigenvalue weighted by molar-refractivity contribution is -0.231. The number of esters is 9. The molecule has 0 aromatic heterocycles. The van der Waals surface area contributed by atoms with Crippen molar-refractivity contribution in [3.05, 3.63) is 59.7 Å². The second kappa shape index (κ2) is 47.0. The van der Waals surface area contributed by atoms with E-state index < -0.39 is 46.4 Å². The van der Waals surface area contributed by atoms with Gasteiger partial charge in [-0.1, -0.05) is 149 Å². The minimum Gasteiger partial charge on any atom is -0.508 e. The molecule has 4 saturated heterocycles. The summed E-state index contributed by atoms with van der Waals surface area (Å²) in [6.07, 6.45) is 19.8. The number of ether oxygens (including phenoxy) is 9. The summed E-state index contributed by atoms with van der Waals surface area (Å²) in [5.41, 5.74) is -1.40. The van der Waals surface area contributed by atoms with Crippen LogP contribution in [0.2, 0.25) is 0 Å². The molecule has 678 valence electrons. The highest BCUT2D eigenvalue weighted by molar-refractivity contribution is 5.90. The van der Waals surface area contributed by atoms with Crippen molar-refractivity contribution in [1.29, 1.82) is 0 Å². The molecule has 2 aromatic rings. The third kappa shape index (κ3) is 27.5. The SMILES string of the molecule is C.C.C.C.C.C.C.C.C.C.CCC(C)(C)C(=O)OC(C)c1ccc(C(=O)OC2C3CC4CC(C3)C(=O)OC2C4)cc1.CCC(C)(C)C(=O)OC1(C(C)C)C2CC3CC(C2)CC1C3.CCC(C)(C)C(=O)OC1(C(C)C)CCCC1.CCC(C)(C)C(=O)OCC(=O)OC1C2CC3CC(C2)C(=O)OC1C3.CCC(C)(C)C(=O)Oc1ccc(O)cc1. The average Bonchev–Trinajstić information content (AvgIpc) is 1.44. The summed E-state index contributed by atoms with van der Waals surface area (Å²) < 4.78 is 50.7. The molecule has 13 aliphatic rings. The molecule has 1 N–H and O–H groups in total. The molecule has 19 nitrogen and oxygen atoms in total. The fourth-order valence-electron chi connectivity index (χ4n) is 17.9. The van der Waals surface area contributed by atoms with Gasteiger partial charge in [-0.2, -0.15) is 0 Å². The molecule has 12 bridgehead atoms. The zero-order valence-electron chi connectivity index (χ0n) is 68.5. The first kappa shape index (κ1) is 115. The van der Waals surface area contributed by atoms with Gasteiger partial charge in [0, 0.05) is 11.8 Å². The van der Waals surface area contributed by atoms with Crippen LogP contribution in [0.15, 0.2) is 48.5 Å². The maximum atomic E-state index is 12.8. The van der Waals surface area contributed by atoms with Gasteiger partial charge in [0.2, 0.25) is 0 Å². The number of benzene rings is 2. The monoisotopic (exact) mass is 1650 g/mol. The van der Waals surface area contributed by atoms with Gasteiger partial charge in [0.15, 0.2) is 6.61 Å². The Balaban J connectivity index is -0.00000139. The molecule has 0 radical (unpaired) electrons. The fraction of sp³-hybridized carbons (Fsp3) is 0.786. The van der Waals surface area contributed by atoms with Gasteiger partial charge in [-0.3, -0.25) is 33.6 Å². The van der Waals surface area contributed by atoms with E-state index in [9.17, 15) is 43.2 Å². The summed E-state index contributed by atoms with van der Waals surface area (Å²) >= 11 is 0. The van der Waals surface area contributed by atoms with E-state index >= 15 is 0 Å². The van der Waals surface area contributed by atoms with Crippen LogP contribution in [0.25, 0.3) is 0 Å². The molecule has 0 spiro atoms. The van der Waals surface area contributed by atoms with E-state index in [-0.39, 0.29) is 186 Å². The summed E-state index contributed by atoms with van der Waals surface area (Å²) in [6.45, 7) is 39.2. The topological polar surface area (TPSA) is 257 Å². The lowest BCUT2D eigenvalue weighted by atomic mass is 9.47. The van der Waals surface area contributed by atoms with Crippen molar-refractivity contribution in [1.82, 2.24) is 0 Å². The van der Waals surface area contributed by atoms with Crippen molar-refractivity contribution in [2.24, 2.45) is 98.1 Å². The summed E-state index contributed by atoms with van der Waals surface area (Å²) in [5, 5.41) is 9.06.